The molecule has 0 saturated carbocycles. The van der Waals surface area contributed by atoms with E-state index >= 15 is 0 Å². The van der Waals surface area contributed by atoms with Gasteiger partial charge in [-0.05, 0) is 37.1 Å². The second-order valence-electron chi connectivity index (χ2n) is 4.09. The molecule has 0 aliphatic carbocycles. The number of ketones is 1. The summed E-state index contributed by atoms with van der Waals surface area (Å²) in [6, 6.07) is 5.94. The molecule has 0 unspecified atom stereocenters. The minimum absolute atomic E-state index is 0.131. The zero-order valence-electron chi connectivity index (χ0n) is 9.29. The summed E-state index contributed by atoms with van der Waals surface area (Å²) in [5.74, 6) is 0.131. The highest BCUT2D eigenvalue weighted by molar-refractivity contribution is 9.11. The Morgan fingerprint density at radius 1 is 1.56 bits per heavy atom. The van der Waals surface area contributed by atoms with E-state index in [4.69, 9.17) is 0 Å². The monoisotopic (exact) mass is 279 g/mol. The summed E-state index contributed by atoms with van der Waals surface area (Å²) in [4.78, 5) is 13.5. The van der Waals surface area contributed by atoms with Crippen LogP contribution in [0.1, 0.15) is 22.8 Å². The minimum atomic E-state index is 0.131. The molecule has 0 fully saturated rings. The molecule has 3 heteroatoms. The van der Waals surface area contributed by atoms with E-state index in [2.05, 4.69) is 27.4 Å². The third-order valence-corrected chi connectivity index (χ3v) is 3.09. The average Bonchev–Trinajstić information content (AvgIpc) is 2.60. The van der Waals surface area contributed by atoms with Crippen molar-refractivity contribution >= 4 is 27.4 Å². The molecule has 1 aliphatic heterocycles. The Morgan fingerprint density at radius 2 is 2.31 bits per heavy atom. The van der Waals surface area contributed by atoms with Crippen molar-refractivity contribution in [2.45, 2.75) is 13.3 Å². The molecule has 2 nitrogen and oxygen atoms in total. The van der Waals surface area contributed by atoms with Gasteiger partial charge in [-0.2, -0.15) is 0 Å². The lowest BCUT2D eigenvalue weighted by molar-refractivity contribution is 0.101. The Morgan fingerprint density at radius 3 is 2.94 bits per heavy atom. The van der Waals surface area contributed by atoms with E-state index in [-0.39, 0.29) is 5.78 Å². The fourth-order valence-corrected chi connectivity index (χ4v) is 2.36. The van der Waals surface area contributed by atoms with Gasteiger partial charge in [-0.3, -0.25) is 4.79 Å². The van der Waals surface area contributed by atoms with Crippen LogP contribution in [0.25, 0.3) is 0 Å². The molecule has 0 saturated heterocycles. The van der Waals surface area contributed by atoms with Gasteiger partial charge in [0.25, 0.3) is 0 Å². The quantitative estimate of drug-likeness (QED) is 0.793. The van der Waals surface area contributed by atoms with Gasteiger partial charge in [0.2, 0.25) is 0 Å². The fourth-order valence-electron chi connectivity index (χ4n) is 2.06. The van der Waals surface area contributed by atoms with Gasteiger partial charge in [-0.1, -0.05) is 22.5 Å². The molecule has 84 valence electrons. The summed E-state index contributed by atoms with van der Waals surface area (Å²) in [6.07, 6.45) is 1.01. The third-order valence-electron chi connectivity index (χ3n) is 2.84. The summed E-state index contributed by atoms with van der Waals surface area (Å²) in [6.45, 7) is 7.29. The molecule has 1 aromatic rings. The molecule has 16 heavy (non-hydrogen) atoms. The molecule has 0 atom stereocenters. The van der Waals surface area contributed by atoms with Crippen molar-refractivity contribution in [2.24, 2.45) is 0 Å². The van der Waals surface area contributed by atoms with Gasteiger partial charge in [0.15, 0.2) is 5.78 Å². The number of benzene rings is 1. The molecule has 0 bridgehead atoms. The number of carbonyl (C=O) groups is 1. The summed E-state index contributed by atoms with van der Waals surface area (Å²) in [5, 5.41) is 0. The van der Waals surface area contributed by atoms with Crippen LogP contribution in [0.3, 0.4) is 0 Å². The molecule has 0 N–H and O–H groups in total. The Balaban J connectivity index is 2.28. The van der Waals surface area contributed by atoms with Gasteiger partial charge in [0.1, 0.15) is 0 Å². The van der Waals surface area contributed by atoms with Crippen LogP contribution in [-0.2, 0) is 6.42 Å². The lowest BCUT2D eigenvalue weighted by Gasteiger charge is -2.18. The van der Waals surface area contributed by atoms with E-state index in [0.29, 0.717) is 0 Å². The van der Waals surface area contributed by atoms with E-state index in [1.165, 1.54) is 11.3 Å². The predicted octanol–water partition coefficient (Wildman–Crippen LogP) is 3.16. The molecular weight excluding hydrogens is 266 g/mol. The van der Waals surface area contributed by atoms with Crippen LogP contribution in [0.4, 0.5) is 5.69 Å². The minimum Gasteiger partial charge on any atom is -0.366 e. The van der Waals surface area contributed by atoms with Crippen LogP contribution in [0.15, 0.2) is 29.3 Å². The summed E-state index contributed by atoms with van der Waals surface area (Å²) in [7, 11) is 0. The van der Waals surface area contributed by atoms with Crippen LogP contribution >= 0.6 is 15.9 Å². The molecule has 0 aromatic heterocycles. The van der Waals surface area contributed by atoms with Crippen LogP contribution in [0.2, 0.25) is 0 Å². The number of fused-ring (bicyclic) bond motifs is 1. The second kappa shape index (κ2) is 4.42. The first-order chi connectivity index (χ1) is 7.58. The lowest BCUT2D eigenvalue weighted by Crippen LogP contribution is -2.21. The zero-order valence-corrected chi connectivity index (χ0v) is 10.9. The first-order valence-corrected chi connectivity index (χ1v) is 6.09. The fraction of sp³-hybridized carbons (Fsp3) is 0.308. The number of anilines is 1. The van der Waals surface area contributed by atoms with Crippen molar-refractivity contribution in [3.8, 4) is 0 Å². The highest BCUT2D eigenvalue weighted by Gasteiger charge is 2.19. The van der Waals surface area contributed by atoms with E-state index in [9.17, 15) is 4.79 Å². The summed E-state index contributed by atoms with van der Waals surface area (Å²) in [5.41, 5.74) is 3.30. The highest BCUT2D eigenvalue weighted by Crippen LogP contribution is 2.29. The van der Waals surface area contributed by atoms with Crippen LogP contribution in [0.5, 0.6) is 0 Å². The molecule has 0 amide bonds. The second-order valence-corrected chi connectivity index (χ2v) is 5.21. The summed E-state index contributed by atoms with van der Waals surface area (Å²) >= 11 is 3.38. The maximum Gasteiger partial charge on any atom is 0.159 e. The maximum atomic E-state index is 11.3. The first-order valence-electron chi connectivity index (χ1n) is 5.30. The molecule has 1 aliphatic rings. The van der Waals surface area contributed by atoms with E-state index in [1.807, 2.05) is 18.2 Å². The largest absolute Gasteiger partial charge is 0.366 e. The number of carbonyl (C=O) groups excluding carboxylic acids is 1. The zero-order chi connectivity index (χ0) is 11.7. The molecule has 2 rings (SSSR count). The molecular formula is C13H14BrNO. The predicted molar refractivity (Wildman–Crippen MR) is 70.4 cm³/mol. The van der Waals surface area contributed by atoms with E-state index in [1.54, 1.807) is 6.92 Å². The third kappa shape index (κ3) is 2.19. The van der Waals surface area contributed by atoms with Crippen molar-refractivity contribution < 1.29 is 4.79 Å². The Kier molecular flexibility index (Phi) is 3.15. The van der Waals surface area contributed by atoms with Crippen molar-refractivity contribution in [3.63, 3.8) is 0 Å². The van der Waals surface area contributed by atoms with Crippen LogP contribution < -0.4 is 4.90 Å². The van der Waals surface area contributed by atoms with Crippen molar-refractivity contribution in [1.29, 1.82) is 0 Å². The smallest absolute Gasteiger partial charge is 0.159 e. The lowest BCUT2D eigenvalue weighted by atomic mass is 10.1. The molecule has 0 radical (unpaired) electrons. The SMILES string of the molecule is C=C(Br)CN1CCc2cc(C(C)=O)ccc21. The number of hydrogen-bond acceptors (Lipinski definition) is 2. The normalized spacial score (nSPS) is 13.8. The first kappa shape index (κ1) is 11.4. The Hall–Kier alpha value is -1.09. The Labute approximate surface area is 104 Å². The van der Waals surface area contributed by atoms with Gasteiger partial charge in [0.05, 0.1) is 0 Å². The number of halogens is 1. The maximum absolute atomic E-state index is 11.3. The van der Waals surface area contributed by atoms with Crippen molar-refractivity contribution in [3.05, 3.63) is 40.4 Å². The number of Topliss-reactive ketones (excluding diaryl/α,β-unsaturated/α-hetero) is 1. The van der Waals surface area contributed by atoms with Gasteiger partial charge in [-0.25, -0.2) is 0 Å². The molecule has 1 aromatic carbocycles. The summed E-state index contributed by atoms with van der Waals surface area (Å²) < 4.78 is 0.982. The molecule has 1 heterocycles. The number of nitrogens with zero attached hydrogens (tertiary/aromatic N) is 1. The molecule has 0 spiro atoms. The van der Waals surface area contributed by atoms with Gasteiger partial charge < -0.3 is 4.90 Å². The van der Waals surface area contributed by atoms with Crippen molar-refractivity contribution in [1.82, 2.24) is 0 Å². The van der Waals surface area contributed by atoms with E-state index < -0.39 is 0 Å². The van der Waals surface area contributed by atoms with Crippen molar-refractivity contribution in [2.75, 3.05) is 18.0 Å². The topological polar surface area (TPSA) is 20.3 Å². The van der Waals surface area contributed by atoms with Crippen LogP contribution in [0, 0.1) is 0 Å². The standard InChI is InChI=1S/C13H14BrNO/c1-9(14)8-15-6-5-12-7-11(10(2)16)3-4-13(12)15/h3-4,7H,1,5-6,8H2,2H3. The van der Waals surface area contributed by atoms with Gasteiger partial charge in [-0.15, -0.1) is 0 Å². The van der Waals surface area contributed by atoms with Gasteiger partial charge in [0, 0.05) is 28.8 Å². The van der Waals surface area contributed by atoms with Crippen LogP contribution in [-0.4, -0.2) is 18.9 Å². The number of rotatable bonds is 3. The Bertz CT molecular complexity index is 453. The average molecular weight is 280 g/mol. The van der Waals surface area contributed by atoms with Gasteiger partial charge >= 0.3 is 0 Å². The van der Waals surface area contributed by atoms with E-state index in [0.717, 1.165) is 29.6 Å². The highest BCUT2D eigenvalue weighted by atomic mass is 79.9. The number of hydrogen-bond donors (Lipinski definition) is 0.